The summed E-state index contributed by atoms with van der Waals surface area (Å²) < 4.78 is 47.7. The number of likely N-dealkylation sites (tertiary alicyclic amines) is 1. The van der Waals surface area contributed by atoms with Crippen molar-refractivity contribution in [3.05, 3.63) is 59.2 Å². The average molecular weight is 569 g/mol. The van der Waals surface area contributed by atoms with Crippen LogP contribution >= 0.6 is 0 Å². The molecular formula is C31H40N2O6S. The van der Waals surface area contributed by atoms with Crippen LogP contribution in [0.25, 0.3) is 0 Å². The Morgan fingerprint density at radius 1 is 1.18 bits per heavy atom. The Kier molecular flexibility index (Phi) is 7.22. The van der Waals surface area contributed by atoms with Crippen molar-refractivity contribution in [2.24, 2.45) is 11.8 Å². The van der Waals surface area contributed by atoms with Crippen molar-refractivity contribution in [2.75, 3.05) is 33.9 Å². The summed E-state index contributed by atoms with van der Waals surface area (Å²) in [4.78, 5) is 14.9. The minimum Gasteiger partial charge on any atom is -0.484 e. The SMILES string of the molecule is COCC(=O)Oc1ccc2c3c1OC1C(N(CC(C)C)S(=O)(=O)Cc4ccccc4)CC[C@H]4[C@@H](C2)N(C)CC[C@]314. The molecule has 2 fully saturated rings. The minimum absolute atomic E-state index is 0.0380. The Morgan fingerprint density at radius 3 is 2.67 bits per heavy atom. The fourth-order valence-electron chi connectivity index (χ4n) is 8.03. The minimum atomic E-state index is -3.64. The normalized spacial score (nSPS) is 28.9. The lowest BCUT2D eigenvalue weighted by molar-refractivity contribution is -0.138. The number of carbonyl (C=O) groups excluding carboxylic acids is 1. The molecule has 2 aromatic rings. The highest BCUT2D eigenvalue weighted by Crippen LogP contribution is 2.64. The zero-order valence-electron chi connectivity index (χ0n) is 23.8. The number of esters is 1. The first-order valence-corrected chi connectivity index (χ1v) is 16.0. The third kappa shape index (κ3) is 4.46. The van der Waals surface area contributed by atoms with Gasteiger partial charge in [-0.25, -0.2) is 13.2 Å². The van der Waals surface area contributed by atoms with E-state index in [0.717, 1.165) is 43.4 Å². The third-order valence-electron chi connectivity index (χ3n) is 9.50. The molecule has 0 aromatic heterocycles. The van der Waals surface area contributed by atoms with Gasteiger partial charge in [-0.1, -0.05) is 50.2 Å². The number of ether oxygens (including phenoxy) is 3. The van der Waals surface area contributed by atoms with Gasteiger partial charge < -0.3 is 19.1 Å². The summed E-state index contributed by atoms with van der Waals surface area (Å²) in [5.74, 6) is 1.01. The third-order valence-corrected chi connectivity index (χ3v) is 11.3. The maximum Gasteiger partial charge on any atom is 0.337 e. The lowest BCUT2D eigenvalue weighted by atomic mass is 9.51. The number of likely N-dealkylation sites (N-methyl/N-ethyl adjacent to an activating group) is 1. The highest BCUT2D eigenvalue weighted by Gasteiger charge is 2.66. The van der Waals surface area contributed by atoms with Gasteiger partial charge in [0.1, 0.15) is 12.7 Å². The molecule has 1 spiro atoms. The first-order valence-electron chi connectivity index (χ1n) is 14.4. The number of methoxy groups -OCH3 is 1. The van der Waals surface area contributed by atoms with Crippen LogP contribution in [0, 0.1) is 11.8 Å². The summed E-state index contributed by atoms with van der Waals surface area (Å²) in [6.45, 7) is 5.33. The molecule has 0 amide bonds. The van der Waals surface area contributed by atoms with Crippen LogP contribution in [-0.4, -0.2) is 75.6 Å². The van der Waals surface area contributed by atoms with Crippen molar-refractivity contribution in [1.82, 2.24) is 9.21 Å². The number of piperidine rings is 1. The van der Waals surface area contributed by atoms with Crippen LogP contribution in [0.5, 0.6) is 11.5 Å². The summed E-state index contributed by atoms with van der Waals surface area (Å²) in [7, 11) is 0.0251. The van der Waals surface area contributed by atoms with Crippen LogP contribution in [0.3, 0.4) is 0 Å². The Hall–Kier alpha value is -2.46. The maximum atomic E-state index is 14.1. The van der Waals surface area contributed by atoms with Crippen LogP contribution in [-0.2, 0) is 37.1 Å². The first-order chi connectivity index (χ1) is 19.2. The second kappa shape index (κ2) is 10.4. The Bertz CT molecular complexity index is 1380. The van der Waals surface area contributed by atoms with Crippen molar-refractivity contribution in [1.29, 1.82) is 0 Å². The molecule has 2 aromatic carbocycles. The lowest BCUT2D eigenvalue weighted by Crippen LogP contribution is -2.68. The zero-order chi connectivity index (χ0) is 28.2. The predicted octanol–water partition coefficient (Wildman–Crippen LogP) is 3.76. The fraction of sp³-hybridized carbons (Fsp3) is 0.581. The number of carbonyl (C=O) groups is 1. The molecule has 0 N–H and O–H groups in total. The monoisotopic (exact) mass is 568 g/mol. The molecule has 2 aliphatic heterocycles. The summed E-state index contributed by atoms with van der Waals surface area (Å²) in [6.07, 6.45) is 3.13. The zero-order valence-corrected chi connectivity index (χ0v) is 24.7. The van der Waals surface area contributed by atoms with E-state index in [9.17, 15) is 13.2 Å². The number of rotatable bonds is 9. The highest BCUT2D eigenvalue weighted by atomic mass is 32.2. The van der Waals surface area contributed by atoms with E-state index in [2.05, 4.69) is 31.9 Å². The molecule has 8 nitrogen and oxygen atoms in total. The standard InChI is InChI=1S/C31H40N2O6S/c1-20(2)17-33(40(35,36)19-21-8-6-5-7-9-21)24-12-11-23-25-16-22-10-13-26(38-27(34)18-37-4)29-28(22)31(23,30(24)39-29)14-15-32(25)3/h5-10,13,20,23-25,30H,11-12,14-19H2,1-4H3/t23-,24?,25+,30?,31-/m0/s1. The molecule has 5 atom stereocenters. The second-order valence-electron chi connectivity index (χ2n) is 12.4. The molecule has 4 aliphatic rings. The van der Waals surface area contributed by atoms with Gasteiger partial charge in [0.05, 0.1) is 11.8 Å². The van der Waals surface area contributed by atoms with Crippen molar-refractivity contribution in [3.63, 3.8) is 0 Å². The van der Waals surface area contributed by atoms with Gasteiger partial charge in [-0.3, -0.25) is 0 Å². The van der Waals surface area contributed by atoms with Gasteiger partial charge in [0.15, 0.2) is 11.5 Å². The highest BCUT2D eigenvalue weighted by molar-refractivity contribution is 7.88. The lowest BCUT2D eigenvalue weighted by Gasteiger charge is -2.60. The Morgan fingerprint density at radius 2 is 1.95 bits per heavy atom. The van der Waals surface area contributed by atoms with Crippen LogP contribution in [0.2, 0.25) is 0 Å². The van der Waals surface area contributed by atoms with E-state index in [4.69, 9.17) is 14.2 Å². The van der Waals surface area contributed by atoms with Crippen LogP contribution in [0.4, 0.5) is 0 Å². The van der Waals surface area contributed by atoms with E-state index in [1.54, 1.807) is 4.31 Å². The van der Waals surface area contributed by atoms with Gasteiger partial charge in [0.2, 0.25) is 10.0 Å². The van der Waals surface area contributed by atoms with E-state index >= 15 is 0 Å². The van der Waals surface area contributed by atoms with Crippen molar-refractivity contribution in [3.8, 4) is 11.5 Å². The maximum absolute atomic E-state index is 14.1. The quantitative estimate of drug-likeness (QED) is 0.336. The molecule has 6 rings (SSSR count). The van der Waals surface area contributed by atoms with Gasteiger partial charge in [-0.2, -0.15) is 4.31 Å². The topological polar surface area (TPSA) is 85.4 Å². The van der Waals surface area contributed by atoms with Crippen LogP contribution in [0.1, 0.15) is 49.8 Å². The molecule has 40 heavy (non-hydrogen) atoms. The van der Waals surface area contributed by atoms with E-state index in [0.29, 0.717) is 30.0 Å². The first kappa shape index (κ1) is 27.7. The number of hydrogen-bond donors (Lipinski definition) is 0. The molecule has 1 saturated carbocycles. The molecule has 2 heterocycles. The van der Waals surface area contributed by atoms with Crippen molar-refractivity contribution >= 4 is 16.0 Å². The van der Waals surface area contributed by atoms with Gasteiger partial charge in [0, 0.05) is 30.7 Å². The summed E-state index contributed by atoms with van der Waals surface area (Å²) in [5.41, 5.74) is 2.83. The molecule has 2 unspecified atom stereocenters. The number of hydrogen-bond acceptors (Lipinski definition) is 7. The summed E-state index contributed by atoms with van der Waals surface area (Å²) in [6, 6.07) is 13.4. The van der Waals surface area contributed by atoms with Crippen molar-refractivity contribution < 1.29 is 27.4 Å². The Labute approximate surface area is 237 Å². The molecular weight excluding hydrogens is 528 g/mol. The summed E-state index contributed by atoms with van der Waals surface area (Å²) in [5, 5.41) is 0. The predicted molar refractivity (Wildman–Crippen MR) is 152 cm³/mol. The molecule has 0 radical (unpaired) electrons. The van der Waals surface area contributed by atoms with Gasteiger partial charge in [0.25, 0.3) is 0 Å². The molecule has 216 valence electrons. The number of benzene rings is 2. The van der Waals surface area contributed by atoms with E-state index in [1.165, 1.54) is 12.7 Å². The van der Waals surface area contributed by atoms with E-state index in [1.807, 2.05) is 36.4 Å². The smallest absolute Gasteiger partial charge is 0.337 e. The van der Waals surface area contributed by atoms with E-state index < -0.39 is 16.0 Å². The number of sulfonamides is 1. The van der Waals surface area contributed by atoms with Crippen molar-refractivity contribution in [2.45, 2.75) is 68.9 Å². The molecule has 1 saturated heterocycles. The molecule has 9 heteroatoms. The second-order valence-corrected chi connectivity index (χ2v) is 14.3. The van der Waals surface area contributed by atoms with Crippen LogP contribution in [0.15, 0.2) is 42.5 Å². The van der Waals surface area contributed by atoms with Gasteiger partial charge in [-0.15, -0.1) is 0 Å². The van der Waals surface area contributed by atoms with E-state index in [-0.39, 0.29) is 35.8 Å². The van der Waals surface area contributed by atoms with Gasteiger partial charge >= 0.3 is 5.97 Å². The Balaban J connectivity index is 1.44. The summed E-state index contributed by atoms with van der Waals surface area (Å²) >= 11 is 0. The molecule has 2 bridgehead atoms. The fourth-order valence-corrected chi connectivity index (χ4v) is 9.96. The number of nitrogens with zero attached hydrogens (tertiary/aromatic N) is 2. The van der Waals surface area contributed by atoms with Gasteiger partial charge in [-0.05, 0) is 68.3 Å². The largest absolute Gasteiger partial charge is 0.484 e. The molecule has 2 aliphatic carbocycles. The van der Waals surface area contributed by atoms with Crippen LogP contribution < -0.4 is 9.47 Å². The average Bonchev–Trinajstić information content (AvgIpc) is 3.26.